The summed E-state index contributed by atoms with van der Waals surface area (Å²) < 4.78 is 1.96. The second-order valence-corrected chi connectivity index (χ2v) is 6.19. The number of carbonyl (C=O) groups excluding carboxylic acids is 1. The maximum Gasteiger partial charge on any atom is 0.224 e. The van der Waals surface area contributed by atoms with E-state index in [1.54, 1.807) is 6.20 Å². The van der Waals surface area contributed by atoms with Crippen molar-refractivity contribution in [2.45, 2.75) is 33.6 Å². The zero-order valence-corrected chi connectivity index (χ0v) is 12.4. The molecule has 1 amide bonds. The Labute approximate surface area is 115 Å². The highest BCUT2D eigenvalue weighted by molar-refractivity contribution is 5.78. The summed E-state index contributed by atoms with van der Waals surface area (Å²) in [6.07, 6.45) is 5.21. The summed E-state index contributed by atoms with van der Waals surface area (Å²) in [7, 11) is 1.95. The normalized spacial score (nSPS) is 13.3. The first-order chi connectivity index (χ1) is 8.83. The fourth-order valence-electron chi connectivity index (χ4n) is 2.10. The standard InChI is InChI=1S/C14H26N4O/c1-14(2,3)9-11(10-15)13(19)17-6-5-12-16-7-8-18(12)4/h7-8,11H,5-6,9-10,15H2,1-4H3,(H,17,19). The lowest BCUT2D eigenvalue weighted by Crippen LogP contribution is -2.38. The molecule has 108 valence electrons. The van der Waals surface area contributed by atoms with E-state index in [9.17, 15) is 4.79 Å². The number of hydrogen-bond donors (Lipinski definition) is 2. The third-order valence-electron chi connectivity index (χ3n) is 3.08. The van der Waals surface area contributed by atoms with E-state index >= 15 is 0 Å². The first-order valence-corrected chi connectivity index (χ1v) is 6.77. The van der Waals surface area contributed by atoms with Gasteiger partial charge in [-0.1, -0.05) is 20.8 Å². The summed E-state index contributed by atoms with van der Waals surface area (Å²) in [5.74, 6) is 0.911. The molecule has 5 nitrogen and oxygen atoms in total. The topological polar surface area (TPSA) is 72.9 Å². The molecule has 1 unspecified atom stereocenters. The number of aryl methyl sites for hydroxylation is 1. The summed E-state index contributed by atoms with van der Waals surface area (Å²) in [5.41, 5.74) is 5.81. The lowest BCUT2D eigenvalue weighted by atomic mass is 9.84. The van der Waals surface area contributed by atoms with Crippen LogP contribution in [-0.4, -0.2) is 28.5 Å². The number of amides is 1. The second-order valence-electron chi connectivity index (χ2n) is 6.19. The highest BCUT2D eigenvalue weighted by atomic mass is 16.1. The van der Waals surface area contributed by atoms with E-state index < -0.39 is 0 Å². The van der Waals surface area contributed by atoms with Crippen LogP contribution in [0.5, 0.6) is 0 Å². The molecule has 1 atom stereocenters. The van der Waals surface area contributed by atoms with Crippen LogP contribution in [0.15, 0.2) is 12.4 Å². The Hall–Kier alpha value is -1.36. The number of nitrogens with one attached hydrogen (secondary N) is 1. The van der Waals surface area contributed by atoms with Crippen LogP contribution >= 0.6 is 0 Å². The van der Waals surface area contributed by atoms with Gasteiger partial charge in [0, 0.05) is 39.0 Å². The smallest absolute Gasteiger partial charge is 0.224 e. The molecule has 0 aliphatic heterocycles. The van der Waals surface area contributed by atoms with Crippen molar-refractivity contribution in [2.24, 2.45) is 24.1 Å². The first kappa shape index (κ1) is 15.7. The van der Waals surface area contributed by atoms with Crippen molar-refractivity contribution in [1.82, 2.24) is 14.9 Å². The predicted octanol–water partition coefficient (Wildman–Crippen LogP) is 1.09. The molecule has 0 aliphatic rings. The molecule has 0 saturated heterocycles. The maximum atomic E-state index is 12.0. The summed E-state index contributed by atoms with van der Waals surface area (Å²) in [6, 6.07) is 0. The minimum Gasteiger partial charge on any atom is -0.355 e. The third kappa shape index (κ3) is 5.42. The Morgan fingerprint density at radius 3 is 2.68 bits per heavy atom. The number of rotatable bonds is 6. The predicted molar refractivity (Wildman–Crippen MR) is 76.5 cm³/mol. The van der Waals surface area contributed by atoms with E-state index in [1.807, 2.05) is 17.8 Å². The Balaban J connectivity index is 2.39. The average Bonchev–Trinajstić information content (AvgIpc) is 2.71. The Morgan fingerprint density at radius 1 is 1.53 bits per heavy atom. The molecule has 1 aromatic heterocycles. The summed E-state index contributed by atoms with van der Waals surface area (Å²) in [6.45, 7) is 7.36. The van der Waals surface area contributed by atoms with E-state index in [0.29, 0.717) is 13.1 Å². The lowest BCUT2D eigenvalue weighted by Gasteiger charge is -2.24. The molecule has 1 rings (SSSR count). The van der Waals surface area contributed by atoms with E-state index in [2.05, 4.69) is 31.1 Å². The average molecular weight is 266 g/mol. The molecule has 3 N–H and O–H groups in total. The third-order valence-corrected chi connectivity index (χ3v) is 3.08. The fraction of sp³-hybridized carbons (Fsp3) is 0.714. The number of hydrogen-bond acceptors (Lipinski definition) is 3. The lowest BCUT2D eigenvalue weighted by molar-refractivity contribution is -0.125. The number of nitrogens with zero attached hydrogens (tertiary/aromatic N) is 2. The SMILES string of the molecule is Cn1ccnc1CCNC(=O)C(CN)CC(C)(C)C. The summed E-state index contributed by atoms with van der Waals surface area (Å²) in [5, 5.41) is 2.95. The van der Waals surface area contributed by atoms with Crippen LogP contribution in [0.25, 0.3) is 0 Å². The van der Waals surface area contributed by atoms with Gasteiger partial charge in [-0.15, -0.1) is 0 Å². The van der Waals surface area contributed by atoms with Gasteiger partial charge in [-0.05, 0) is 11.8 Å². The second kappa shape index (κ2) is 6.70. The fourth-order valence-corrected chi connectivity index (χ4v) is 2.10. The molecular weight excluding hydrogens is 240 g/mol. The molecule has 0 saturated carbocycles. The first-order valence-electron chi connectivity index (χ1n) is 6.77. The van der Waals surface area contributed by atoms with Gasteiger partial charge in [-0.2, -0.15) is 0 Å². The zero-order valence-electron chi connectivity index (χ0n) is 12.4. The highest BCUT2D eigenvalue weighted by Crippen LogP contribution is 2.23. The van der Waals surface area contributed by atoms with Crippen LogP contribution in [0.1, 0.15) is 33.0 Å². The Morgan fingerprint density at radius 2 is 2.21 bits per heavy atom. The largest absolute Gasteiger partial charge is 0.355 e. The monoisotopic (exact) mass is 266 g/mol. The highest BCUT2D eigenvalue weighted by Gasteiger charge is 2.23. The molecule has 0 aliphatic carbocycles. The van der Waals surface area contributed by atoms with Crippen LogP contribution in [0.4, 0.5) is 0 Å². The van der Waals surface area contributed by atoms with Crippen LogP contribution in [0.3, 0.4) is 0 Å². The van der Waals surface area contributed by atoms with E-state index in [1.165, 1.54) is 0 Å². The molecular formula is C14H26N4O. The summed E-state index contributed by atoms with van der Waals surface area (Å²) in [4.78, 5) is 16.3. The Kier molecular flexibility index (Phi) is 5.54. The van der Waals surface area contributed by atoms with Gasteiger partial charge in [0.1, 0.15) is 5.82 Å². The number of carbonyl (C=O) groups is 1. The molecule has 19 heavy (non-hydrogen) atoms. The van der Waals surface area contributed by atoms with Crippen LogP contribution < -0.4 is 11.1 Å². The molecule has 0 aromatic carbocycles. The molecule has 5 heteroatoms. The molecule has 0 bridgehead atoms. The van der Waals surface area contributed by atoms with E-state index in [4.69, 9.17) is 5.73 Å². The van der Waals surface area contributed by atoms with Crippen molar-refractivity contribution in [2.75, 3.05) is 13.1 Å². The van der Waals surface area contributed by atoms with Crippen molar-refractivity contribution >= 4 is 5.91 Å². The number of imidazole rings is 1. The minimum absolute atomic E-state index is 0.0478. The van der Waals surface area contributed by atoms with Crippen LogP contribution in [0, 0.1) is 11.3 Å². The van der Waals surface area contributed by atoms with Crippen LogP contribution in [0.2, 0.25) is 0 Å². The van der Waals surface area contributed by atoms with E-state index in [0.717, 1.165) is 18.7 Å². The van der Waals surface area contributed by atoms with Crippen molar-refractivity contribution in [3.05, 3.63) is 18.2 Å². The van der Waals surface area contributed by atoms with Crippen molar-refractivity contribution < 1.29 is 4.79 Å². The molecule has 0 spiro atoms. The summed E-state index contributed by atoms with van der Waals surface area (Å²) >= 11 is 0. The Bertz CT molecular complexity index is 406. The van der Waals surface area contributed by atoms with Gasteiger partial charge in [0.2, 0.25) is 5.91 Å². The molecule has 1 aromatic rings. The van der Waals surface area contributed by atoms with Gasteiger partial charge >= 0.3 is 0 Å². The van der Waals surface area contributed by atoms with Gasteiger partial charge in [0.15, 0.2) is 0 Å². The quantitative estimate of drug-likeness (QED) is 0.809. The van der Waals surface area contributed by atoms with Gasteiger partial charge < -0.3 is 15.6 Å². The number of aromatic nitrogens is 2. The van der Waals surface area contributed by atoms with Gasteiger partial charge in [-0.3, -0.25) is 4.79 Å². The van der Waals surface area contributed by atoms with Crippen molar-refractivity contribution in [3.8, 4) is 0 Å². The van der Waals surface area contributed by atoms with Crippen molar-refractivity contribution in [1.29, 1.82) is 0 Å². The minimum atomic E-state index is -0.110. The maximum absolute atomic E-state index is 12.0. The molecule has 0 fully saturated rings. The zero-order chi connectivity index (χ0) is 14.5. The van der Waals surface area contributed by atoms with Gasteiger partial charge in [0.25, 0.3) is 0 Å². The van der Waals surface area contributed by atoms with Gasteiger partial charge in [-0.25, -0.2) is 4.98 Å². The van der Waals surface area contributed by atoms with Gasteiger partial charge in [0.05, 0.1) is 5.92 Å². The molecule has 1 heterocycles. The molecule has 0 radical (unpaired) electrons. The van der Waals surface area contributed by atoms with E-state index in [-0.39, 0.29) is 17.2 Å². The number of nitrogens with two attached hydrogens (primary N) is 1. The van der Waals surface area contributed by atoms with Crippen molar-refractivity contribution in [3.63, 3.8) is 0 Å². The van der Waals surface area contributed by atoms with Crippen LogP contribution in [-0.2, 0) is 18.3 Å².